The van der Waals surface area contributed by atoms with E-state index < -0.39 is 11.7 Å². The van der Waals surface area contributed by atoms with Crippen LogP contribution in [0.1, 0.15) is 40.7 Å². The van der Waals surface area contributed by atoms with Crippen LogP contribution in [0.3, 0.4) is 0 Å². The molecule has 1 aliphatic heterocycles. The maximum Gasteiger partial charge on any atom is 0.341 e. The number of rotatable bonds is 2. The largest absolute Gasteiger partial charge is 0.505 e. The summed E-state index contributed by atoms with van der Waals surface area (Å²) in [6.45, 7) is 4.79. The molecule has 2 rings (SSSR count). The quantitative estimate of drug-likeness (QED) is 0.802. The molecule has 2 N–H and O–H groups in total. The van der Waals surface area contributed by atoms with Gasteiger partial charge in [-0.05, 0) is 13.8 Å². The number of aromatic carboxylic acids is 1. The smallest absolute Gasteiger partial charge is 0.341 e. The monoisotopic (exact) mass is 238 g/mol. The van der Waals surface area contributed by atoms with Crippen LogP contribution in [0.15, 0.2) is 6.20 Å². The third kappa shape index (κ3) is 1.56. The minimum Gasteiger partial charge on any atom is -0.505 e. The zero-order valence-corrected chi connectivity index (χ0v) is 9.67. The summed E-state index contributed by atoms with van der Waals surface area (Å²) in [6, 6.07) is -0.0401. The molecule has 17 heavy (non-hydrogen) atoms. The Morgan fingerprint density at radius 2 is 2.24 bits per heavy atom. The first-order chi connectivity index (χ1) is 7.97. The van der Waals surface area contributed by atoms with Gasteiger partial charge in [0.1, 0.15) is 5.56 Å². The topological polar surface area (TPSA) is 82.8 Å². The molecule has 1 amide bonds. The maximum atomic E-state index is 12.0. The average molecular weight is 238 g/mol. The molecule has 0 bridgehead atoms. The Kier molecular flexibility index (Phi) is 2.57. The van der Waals surface area contributed by atoms with Gasteiger partial charge < -0.3 is 19.7 Å². The molecule has 0 unspecified atom stereocenters. The van der Waals surface area contributed by atoms with Gasteiger partial charge in [0.25, 0.3) is 5.91 Å². The second-order valence-electron chi connectivity index (χ2n) is 4.15. The molecule has 0 saturated heterocycles. The Morgan fingerprint density at radius 3 is 2.76 bits per heavy atom. The summed E-state index contributed by atoms with van der Waals surface area (Å²) in [5, 5.41) is 18.7. The predicted octanol–water partition coefficient (Wildman–Crippen LogP) is 0.929. The lowest BCUT2D eigenvalue weighted by Crippen LogP contribution is -2.41. The van der Waals surface area contributed by atoms with Crippen LogP contribution in [0.4, 0.5) is 0 Å². The Morgan fingerprint density at radius 1 is 1.59 bits per heavy atom. The summed E-state index contributed by atoms with van der Waals surface area (Å²) in [5.41, 5.74) is -0.152. The highest BCUT2D eigenvalue weighted by atomic mass is 16.4. The number of carboxylic acid groups (broad SMARTS) is 1. The van der Waals surface area contributed by atoms with Crippen LogP contribution in [0.2, 0.25) is 0 Å². The van der Waals surface area contributed by atoms with Gasteiger partial charge in [0.2, 0.25) is 0 Å². The van der Waals surface area contributed by atoms with Crippen molar-refractivity contribution >= 4 is 11.9 Å². The van der Waals surface area contributed by atoms with Crippen molar-refractivity contribution in [2.75, 3.05) is 13.1 Å². The van der Waals surface area contributed by atoms with Crippen molar-refractivity contribution in [3.05, 3.63) is 17.5 Å². The number of amides is 1. The molecule has 6 heteroatoms. The number of aromatic nitrogens is 1. The molecular weight excluding hydrogens is 224 g/mol. The van der Waals surface area contributed by atoms with Gasteiger partial charge in [-0.3, -0.25) is 4.79 Å². The maximum absolute atomic E-state index is 12.0. The SMILES string of the molecule is CCN1C[C@H](C)n2cc(C(=O)O)c(O)c2C1=O. The van der Waals surface area contributed by atoms with Gasteiger partial charge in [-0.2, -0.15) is 0 Å². The van der Waals surface area contributed by atoms with Gasteiger partial charge in [-0.1, -0.05) is 0 Å². The number of aromatic hydroxyl groups is 1. The molecule has 0 aliphatic carbocycles. The van der Waals surface area contributed by atoms with Crippen molar-refractivity contribution in [3.8, 4) is 5.75 Å². The fourth-order valence-corrected chi connectivity index (χ4v) is 2.14. The Labute approximate surface area is 98.1 Å². The molecule has 1 atom stereocenters. The van der Waals surface area contributed by atoms with Crippen molar-refractivity contribution in [1.29, 1.82) is 0 Å². The van der Waals surface area contributed by atoms with Crippen LogP contribution in [0.25, 0.3) is 0 Å². The Bertz CT molecular complexity index is 492. The minimum atomic E-state index is -1.23. The summed E-state index contributed by atoms with van der Waals surface area (Å²) in [6.07, 6.45) is 1.32. The highest BCUT2D eigenvalue weighted by Gasteiger charge is 2.34. The number of fused-ring (bicyclic) bond motifs is 1. The summed E-state index contributed by atoms with van der Waals surface area (Å²) in [4.78, 5) is 24.5. The first kappa shape index (κ1) is 11.5. The van der Waals surface area contributed by atoms with Gasteiger partial charge in [0.15, 0.2) is 11.4 Å². The van der Waals surface area contributed by atoms with E-state index in [0.29, 0.717) is 13.1 Å². The number of hydrogen-bond acceptors (Lipinski definition) is 3. The zero-order valence-electron chi connectivity index (χ0n) is 9.67. The van der Waals surface area contributed by atoms with E-state index in [1.807, 2.05) is 13.8 Å². The molecule has 6 nitrogen and oxygen atoms in total. The van der Waals surface area contributed by atoms with E-state index >= 15 is 0 Å². The van der Waals surface area contributed by atoms with Crippen LogP contribution < -0.4 is 0 Å². The summed E-state index contributed by atoms with van der Waals surface area (Å²) in [5.74, 6) is -1.99. The second kappa shape index (κ2) is 3.80. The first-order valence-electron chi connectivity index (χ1n) is 5.43. The molecule has 92 valence electrons. The van der Waals surface area contributed by atoms with E-state index in [2.05, 4.69) is 0 Å². The minimum absolute atomic E-state index is 0.0401. The molecule has 1 aliphatic rings. The predicted molar refractivity (Wildman–Crippen MR) is 59.3 cm³/mol. The third-order valence-corrected chi connectivity index (χ3v) is 3.07. The van der Waals surface area contributed by atoms with Crippen LogP contribution >= 0.6 is 0 Å². The lowest BCUT2D eigenvalue weighted by molar-refractivity contribution is 0.0680. The normalized spacial score (nSPS) is 19.3. The highest BCUT2D eigenvalue weighted by Crippen LogP contribution is 2.32. The molecule has 0 spiro atoms. The lowest BCUT2D eigenvalue weighted by atomic mass is 10.2. The fraction of sp³-hybridized carbons (Fsp3) is 0.455. The third-order valence-electron chi connectivity index (χ3n) is 3.07. The molecule has 0 fully saturated rings. The van der Waals surface area contributed by atoms with Gasteiger partial charge in [0.05, 0.1) is 0 Å². The van der Waals surface area contributed by atoms with E-state index in [9.17, 15) is 14.7 Å². The van der Waals surface area contributed by atoms with Crippen molar-refractivity contribution in [3.63, 3.8) is 0 Å². The summed E-state index contributed by atoms with van der Waals surface area (Å²) in [7, 11) is 0. The van der Waals surface area contributed by atoms with Crippen molar-refractivity contribution < 1.29 is 19.8 Å². The molecule has 1 aromatic rings. The number of hydrogen-bond donors (Lipinski definition) is 2. The fourth-order valence-electron chi connectivity index (χ4n) is 2.14. The molecule has 1 aromatic heterocycles. The molecule has 0 aromatic carbocycles. The van der Waals surface area contributed by atoms with Crippen molar-refractivity contribution in [1.82, 2.24) is 9.47 Å². The number of likely N-dealkylation sites (N-methyl/N-ethyl adjacent to an activating group) is 1. The van der Waals surface area contributed by atoms with Crippen LogP contribution in [-0.4, -0.2) is 44.6 Å². The standard InChI is InChI=1S/C11H14N2O4/c1-3-12-4-6(2)13-5-7(11(16)17)9(14)8(13)10(12)15/h5-6,14H,3-4H2,1-2H3,(H,16,17)/t6-/m0/s1. The van der Waals surface area contributed by atoms with E-state index in [0.717, 1.165) is 0 Å². The van der Waals surface area contributed by atoms with Crippen LogP contribution in [0.5, 0.6) is 5.75 Å². The van der Waals surface area contributed by atoms with Gasteiger partial charge in [-0.25, -0.2) is 4.79 Å². The Balaban J connectivity index is 2.59. The zero-order chi connectivity index (χ0) is 12.7. The Hall–Kier alpha value is -1.98. The second-order valence-corrected chi connectivity index (χ2v) is 4.15. The van der Waals surface area contributed by atoms with E-state index in [1.54, 1.807) is 4.90 Å². The van der Waals surface area contributed by atoms with Crippen LogP contribution in [0, 0.1) is 0 Å². The number of carbonyl (C=O) groups excluding carboxylic acids is 1. The van der Waals surface area contributed by atoms with E-state index in [1.165, 1.54) is 10.8 Å². The molecule has 0 radical (unpaired) electrons. The molecular formula is C11H14N2O4. The van der Waals surface area contributed by atoms with E-state index in [-0.39, 0.29) is 23.2 Å². The summed E-state index contributed by atoms with van der Waals surface area (Å²) >= 11 is 0. The van der Waals surface area contributed by atoms with Crippen molar-refractivity contribution in [2.45, 2.75) is 19.9 Å². The number of carboxylic acids is 1. The van der Waals surface area contributed by atoms with Gasteiger partial charge in [-0.15, -0.1) is 0 Å². The number of nitrogens with zero attached hydrogens (tertiary/aromatic N) is 2. The first-order valence-corrected chi connectivity index (χ1v) is 5.43. The van der Waals surface area contributed by atoms with Crippen LogP contribution in [-0.2, 0) is 0 Å². The molecule has 0 saturated carbocycles. The highest BCUT2D eigenvalue weighted by molar-refractivity contribution is 6.01. The number of carbonyl (C=O) groups is 2. The van der Waals surface area contributed by atoms with Crippen molar-refractivity contribution in [2.24, 2.45) is 0 Å². The van der Waals surface area contributed by atoms with E-state index in [4.69, 9.17) is 5.11 Å². The van der Waals surface area contributed by atoms with Gasteiger partial charge in [0, 0.05) is 25.3 Å². The average Bonchev–Trinajstić information content (AvgIpc) is 2.62. The molecule has 2 heterocycles. The van der Waals surface area contributed by atoms with Gasteiger partial charge >= 0.3 is 5.97 Å². The lowest BCUT2D eigenvalue weighted by Gasteiger charge is -2.31. The summed E-state index contributed by atoms with van der Waals surface area (Å²) < 4.78 is 1.54.